The molecular formula is C16H23N3O3S. The van der Waals surface area contributed by atoms with Crippen molar-refractivity contribution in [1.29, 1.82) is 0 Å². The lowest BCUT2D eigenvalue weighted by Crippen LogP contribution is -2.51. The van der Waals surface area contributed by atoms with E-state index in [-0.39, 0.29) is 11.2 Å². The van der Waals surface area contributed by atoms with Crippen LogP contribution in [0.2, 0.25) is 0 Å². The second-order valence-corrected chi connectivity index (χ2v) is 8.55. The molecule has 1 aliphatic carbocycles. The van der Waals surface area contributed by atoms with Gasteiger partial charge in [-0.3, -0.25) is 9.69 Å². The summed E-state index contributed by atoms with van der Waals surface area (Å²) in [6.45, 7) is 4.45. The molecule has 1 aromatic rings. The summed E-state index contributed by atoms with van der Waals surface area (Å²) >= 11 is 0. The van der Waals surface area contributed by atoms with Gasteiger partial charge in [-0.15, -0.1) is 0 Å². The summed E-state index contributed by atoms with van der Waals surface area (Å²) in [5, 5.41) is 2.73. The maximum Gasteiger partial charge on any atom is 0.238 e. The first-order chi connectivity index (χ1) is 10.9. The van der Waals surface area contributed by atoms with E-state index < -0.39 is 10.0 Å². The van der Waals surface area contributed by atoms with Gasteiger partial charge in [-0.1, -0.05) is 12.1 Å². The molecule has 1 heterocycles. The molecule has 0 unspecified atom stereocenters. The number of benzene rings is 1. The summed E-state index contributed by atoms with van der Waals surface area (Å²) < 4.78 is 25.9. The van der Waals surface area contributed by atoms with Gasteiger partial charge in [0.1, 0.15) is 0 Å². The van der Waals surface area contributed by atoms with E-state index in [1.165, 1.54) is 0 Å². The summed E-state index contributed by atoms with van der Waals surface area (Å²) in [4.78, 5) is 14.1. The van der Waals surface area contributed by atoms with Crippen molar-refractivity contribution in [2.45, 2.75) is 25.0 Å². The van der Waals surface area contributed by atoms with Gasteiger partial charge in [-0.05, 0) is 37.5 Å². The summed E-state index contributed by atoms with van der Waals surface area (Å²) in [5.74, 6) is -0.0610. The average Bonchev–Trinajstić information content (AvgIpc) is 3.32. The molecular weight excluding hydrogens is 314 g/mol. The Morgan fingerprint density at radius 1 is 1.22 bits per heavy atom. The third kappa shape index (κ3) is 4.10. The number of aryl methyl sites for hydroxylation is 1. The maximum absolute atomic E-state index is 12.2. The number of amides is 1. The number of carbonyl (C=O) groups is 1. The van der Waals surface area contributed by atoms with Gasteiger partial charge in [-0.25, -0.2) is 8.42 Å². The molecule has 1 saturated carbocycles. The van der Waals surface area contributed by atoms with E-state index in [0.29, 0.717) is 32.7 Å². The van der Waals surface area contributed by atoms with Crippen LogP contribution in [0.1, 0.15) is 18.4 Å². The fraction of sp³-hybridized carbons (Fsp3) is 0.562. The Morgan fingerprint density at radius 2 is 1.91 bits per heavy atom. The molecule has 1 N–H and O–H groups in total. The minimum Gasteiger partial charge on any atom is -0.325 e. The molecule has 7 heteroatoms. The highest BCUT2D eigenvalue weighted by molar-refractivity contribution is 7.90. The molecule has 126 valence electrons. The molecule has 6 nitrogen and oxygen atoms in total. The first-order valence-corrected chi connectivity index (χ1v) is 9.53. The standard InChI is InChI=1S/C16H23N3O3S/c1-13-3-2-4-14(11-13)17-16(20)12-18-7-9-19(10-8-18)23(21,22)15-5-6-15/h2-4,11,15H,5-10,12H2,1H3,(H,17,20). The first kappa shape index (κ1) is 16.4. The van der Waals surface area contributed by atoms with E-state index in [1.54, 1.807) is 4.31 Å². The van der Waals surface area contributed by atoms with Crippen LogP contribution in [-0.4, -0.2) is 61.5 Å². The normalized spacial score (nSPS) is 20.4. The molecule has 3 rings (SSSR count). The Kier molecular flexibility index (Phi) is 4.70. The van der Waals surface area contributed by atoms with Gasteiger partial charge in [0, 0.05) is 31.9 Å². The lowest BCUT2D eigenvalue weighted by atomic mass is 10.2. The molecule has 2 aliphatic rings. The van der Waals surface area contributed by atoms with Crippen molar-refractivity contribution in [2.24, 2.45) is 0 Å². The highest BCUT2D eigenvalue weighted by Gasteiger charge is 2.40. The highest BCUT2D eigenvalue weighted by atomic mass is 32.2. The third-order valence-corrected chi connectivity index (χ3v) is 6.70. The number of hydrogen-bond donors (Lipinski definition) is 1. The van der Waals surface area contributed by atoms with E-state index >= 15 is 0 Å². The highest BCUT2D eigenvalue weighted by Crippen LogP contribution is 2.31. The van der Waals surface area contributed by atoms with E-state index in [2.05, 4.69) is 5.32 Å². The molecule has 1 aromatic carbocycles. The molecule has 23 heavy (non-hydrogen) atoms. The quantitative estimate of drug-likeness (QED) is 0.872. The van der Waals surface area contributed by atoms with Gasteiger partial charge >= 0.3 is 0 Å². The fourth-order valence-corrected chi connectivity index (χ4v) is 4.67. The molecule has 1 amide bonds. The van der Waals surface area contributed by atoms with Crippen molar-refractivity contribution in [3.8, 4) is 0 Å². The van der Waals surface area contributed by atoms with Crippen LogP contribution in [0.3, 0.4) is 0 Å². The number of nitrogens with zero attached hydrogens (tertiary/aromatic N) is 2. The summed E-state index contributed by atoms with van der Waals surface area (Å²) in [5.41, 5.74) is 1.90. The predicted octanol–water partition coefficient (Wildman–Crippen LogP) is 1.04. The zero-order chi connectivity index (χ0) is 16.4. The molecule has 0 radical (unpaired) electrons. The van der Waals surface area contributed by atoms with Crippen molar-refractivity contribution < 1.29 is 13.2 Å². The van der Waals surface area contributed by atoms with E-state index in [9.17, 15) is 13.2 Å². The molecule has 0 spiro atoms. The van der Waals surface area contributed by atoms with Crippen LogP contribution in [-0.2, 0) is 14.8 Å². The second kappa shape index (κ2) is 6.59. The SMILES string of the molecule is Cc1cccc(NC(=O)CN2CCN(S(=O)(=O)C3CC3)CC2)c1. The predicted molar refractivity (Wildman–Crippen MR) is 89.8 cm³/mol. The molecule has 1 saturated heterocycles. The van der Waals surface area contributed by atoms with Gasteiger partial charge in [0.25, 0.3) is 0 Å². The van der Waals surface area contributed by atoms with Crippen LogP contribution < -0.4 is 5.32 Å². The number of nitrogens with one attached hydrogen (secondary N) is 1. The lowest BCUT2D eigenvalue weighted by Gasteiger charge is -2.33. The Hall–Kier alpha value is -1.44. The number of carbonyl (C=O) groups excluding carboxylic acids is 1. The molecule has 2 fully saturated rings. The Morgan fingerprint density at radius 3 is 2.52 bits per heavy atom. The van der Waals surface area contributed by atoms with E-state index in [0.717, 1.165) is 24.1 Å². The number of anilines is 1. The molecule has 1 aliphatic heterocycles. The van der Waals surface area contributed by atoms with Gasteiger partial charge in [0.05, 0.1) is 11.8 Å². The molecule has 0 bridgehead atoms. The van der Waals surface area contributed by atoms with Gasteiger partial charge in [0.15, 0.2) is 0 Å². The topological polar surface area (TPSA) is 69.7 Å². The van der Waals surface area contributed by atoms with Crippen molar-refractivity contribution in [1.82, 2.24) is 9.21 Å². The monoisotopic (exact) mass is 337 g/mol. The van der Waals surface area contributed by atoms with Crippen LogP contribution in [0.15, 0.2) is 24.3 Å². The largest absolute Gasteiger partial charge is 0.325 e. The summed E-state index contributed by atoms with van der Waals surface area (Å²) in [6.07, 6.45) is 1.59. The zero-order valence-electron chi connectivity index (χ0n) is 13.4. The number of sulfonamides is 1. The van der Waals surface area contributed by atoms with Crippen LogP contribution >= 0.6 is 0 Å². The van der Waals surface area contributed by atoms with E-state index in [1.807, 2.05) is 36.1 Å². The Balaban J connectivity index is 1.47. The minimum atomic E-state index is -3.09. The van der Waals surface area contributed by atoms with Crippen molar-refractivity contribution in [3.05, 3.63) is 29.8 Å². The van der Waals surface area contributed by atoms with Crippen LogP contribution in [0.25, 0.3) is 0 Å². The van der Waals surface area contributed by atoms with Crippen LogP contribution in [0.5, 0.6) is 0 Å². The lowest BCUT2D eigenvalue weighted by molar-refractivity contribution is -0.117. The van der Waals surface area contributed by atoms with Gasteiger partial charge in [0.2, 0.25) is 15.9 Å². The minimum absolute atomic E-state index is 0.0610. The average molecular weight is 337 g/mol. The van der Waals surface area contributed by atoms with Crippen LogP contribution in [0, 0.1) is 6.92 Å². The van der Waals surface area contributed by atoms with Crippen molar-refractivity contribution in [3.63, 3.8) is 0 Å². The second-order valence-electron chi connectivity index (χ2n) is 6.34. The van der Waals surface area contributed by atoms with Crippen molar-refractivity contribution in [2.75, 3.05) is 38.0 Å². The van der Waals surface area contributed by atoms with Gasteiger partial charge in [-0.2, -0.15) is 4.31 Å². The maximum atomic E-state index is 12.2. The van der Waals surface area contributed by atoms with Crippen LogP contribution in [0.4, 0.5) is 5.69 Å². The smallest absolute Gasteiger partial charge is 0.238 e. The zero-order valence-corrected chi connectivity index (χ0v) is 14.2. The third-order valence-electron chi connectivity index (χ3n) is 4.31. The van der Waals surface area contributed by atoms with Gasteiger partial charge < -0.3 is 5.32 Å². The molecule has 0 atom stereocenters. The van der Waals surface area contributed by atoms with Crippen molar-refractivity contribution >= 4 is 21.6 Å². The number of piperazine rings is 1. The number of hydrogen-bond acceptors (Lipinski definition) is 4. The Labute approximate surface area is 137 Å². The fourth-order valence-electron chi connectivity index (χ4n) is 2.85. The molecule has 0 aromatic heterocycles. The summed E-state index contributed by atoms with van der Waals surface area (Å²) in [6, 6.07) is 7.69. The Bertz CT molecular complexity index is 678. The van der Waals surface area contributed by atoms with E-state index in [4.69, 9.17) is 0 Å². The number of rotatable bonds is 5. The summed E-state index contributed by atoms with van der Waals surface area (Å²) in [7, 11) is -3.09. The first-order valence-electron chi connectivity index (χ1n) is 8.03.